The Kier molecular flexibility index (Phi) is 4.83. The highest BCUT2D eigenvalue weighted by Gasteiger charge is 2.36. The lowest BCUT2D eigenvalue weighted by Gasteiger charge is -2.43. The van der Waals surface area contributed by atoms with Gasteiger partial charge in [0.2, 0.25) is 0 Å². The molecule has 0 aromatic heterocycles. The number of ether oxygens (including phenoxy) is 1. The molecule has 2 atom stereocenters. The number of aliphatic hydroxyl groups is 1. The summed E-state index contributed by atoms with van der Waals surface area (Å²) >= 11 is 0. The maximum atomic E-state index is 9.71. The van der Waals surface area contributed by atoms with Gasteiger partial charge in [-0.25, -0.2) is 0 Å². The molecular formula is C14H27NO2. The highest BCUT2D eigenvalue weighted by molar-refractivity contribution is 4.94. The largest absolute Gasteiger partial charge is 0.394 e. The average molecular weight is 241 g/mol. The van der Waals surface area contributed by atoms with Crippen LogP contribution >= 0.6 is 0 Å². The molecular weight excluding hydrogens is 214 g/mol. The molecule has 2 rings (SSSR count). The van der Waals surface area contributed by atoms with E-state index in [0.717, 1.165) is 32.0 Å². The standard InChI is InChI=1S/C14H27NO2/c1-2-12-5-3-4-6-13(12)15-14(11-16)7-9-17-10-8-14/h12-13,15-16H,2-11H2,1H3. The van der Waals surface area contributed by atoms with Crippen molar-refractivity contribution in [2.75, 3.05) is 19.8 Å². The minimum absolute atomic E-state index is 0.0618. The molecule has 2 unspecified atom stereocenters. The Morgan fingerprint density at radius 3 is 2.59 bits per heavy atom. The Balaban J connectivity index is 1.96. The van der Waals surface area contributed by atoms with Gasteiger partial charge in [0, 0.05) is 24.8 Å². The second kappa shape index (κ2) is 6.17. The van der Waals surface area contributed by atoms with Crippen LogP contribution in [0.15, 0.2) is 0 Å². The molecule has 0 amide bonds. The van der Waals surface area contributed by atoms with Gasteiger partial charge in [-0.2, -0.15) is 0 Å². The van der Waals surface area contributed by atoms with Gasteiger partial charge in [0.25, 0.3) is 0 Å². The molecule has 2 aliphatic rings. The second-order valence-electron chi connectivity index (χ2n) is 5.75. The first-order valence-corrected chi connectivity index (χ1v) is 7.26. The van der Waals surface area contributed by atoms with Crippen molar-refractivity contribution in [3.05, 3.63) is 0 Å². The van der Waals surface area contributed by atoms with E-state index in [0.29, 0.717) is 6.04 Å². The van der Waals surface area contributed by atoms with Gasteiger partial charge in [-0.1, -0.05) is 26.2 Å². The molecule has 0 bridgehead atoms. The molecule has 1 saturated carbocycles. The van der Waals surface area contributed by atoms with Crippen LogP contribution in [-0.4, -0.2) is 36.5 Å². The van der Waals surface area contributed by atoms with E-state index in [2.05, 4.69) is 12.2 Å². The number of rotatable bonds is 4. The van der Waals surface area contributed by atoms with E-state index in [1.54, 1.807) is 0 Å². The summed E-state index contributed by atoms with van der Waals surface area (Å²) in [5.74, 6) is 0.801. The Labute approximate surface area is 105 Å². The predicted octanol–water partition coefficient (Wildman–Crippen LogP) is 2.09. The van der Waals surface area contributed by atoms with Crippen LogP contribution in [0.5, 0.6) is 0 Å². The third-order valence-corrected chi connectivity index (χ3v) is 4.68. The van der Waals surface area contributed by atoms with Crippen LogP contribution in [0, 0.1) is 5.92 Å². The van der Waals surface area contributed by atoms with Gasteiger partial charge in [0.05, 0.1) is 6.61 Å². The third-order valence-electron chi connectivity index (χ3n) is 4.68. The number of hydrogen-bond acceptors (Lipinski definition) is 3. The van der Waals surface area contributed by atoms with Crippen LogP contribution in [0.1, 0.15) is 51.9 Å². The minimum atomic E-state index is -0.0618. The Morgan fingerprint density at radius 2 is 1.94 bits per heavy atom. The maximum absolute atomic E-state index is 9.71. The summed E-state index contributed by atoms with van der Waals surface area (Å²) in [7, 11) is 0. The first-order valence-electron chi connectivity index (χ1n) is 7.26. The van der Waals surface area contributed by atoms with Gasteiger partial charge in [-0.15, -0.1) is 0 Å². The van der Waals surface area contributed by atoms with E-state index < -0.39 is 0 Å². The van der Waals surface area contributed by atoms with Crippen LogP contribution < -0.4 is 5.32 Å². The molecule has 1 aliphatic carbocycles. The van der Waals surface area contributed by atoms with Crippen molar-refractivity contribution in [2.45, 2.75) is 63.5 Å². The summed E-state index contributed by atoms with van der Waals surface area (Å²) in [6, 6.07) is 0.610. The molecule has 2 N–H and O–H groups in total. The van der Waals surface area contributed by atoms with Gasteiger partial charge >= 0.3 is 0 Å². The summed E-state index contributed by atoms with van der Waals surface area (Å²) in [5.41, 5.74) is -0.0618. The second-order valence-corrected chi connectivity index (χ2v) is 5.75. The molecule has 0 spiro atoms. The molecule has 1 saturated heterocycles. The predicted molar refractivity (Wildman–Crippen MR) is 69.0 cm³/mol. The van der Waals surface area contributed by atoms with Gasteiger partial charge in [0.15, 0.2) is 0 Å². The molecule has 3 heteroatoms. The van der Waals surface area contributed by atoms with Crippen LogP contribution in [-0.2, 0) is 4.74 Å². The van der Waals surface area contributed by atoms with Crippen molar-refractivity contribution in [1.29, 1.82) is 0 Å². The van der Waals surface area contributed by atoms with E-state index in [1.165, 1.54) is 32.1 Å². The number of hydrogen-bond donors (Lipinski definition) is 2. The van der Waals surface area contributed by atoms with Crippen LogP contribution in [0.3, 0.4) is 0 Å². The van der Waals surface area contributed by atoms with Gasteiger partial charge in [-0.3, -0.25) is 0 Å². The molecule has 1 aliphatic heterocycles. The normalized spacial score (nSPS) is 33.5. The Morgan fingerprint density at radius 1 is 1.24 bits per heavy atom. The summed E-state index contributed by atoms with van der Waals surface area (Å²) in [6.45, 7) is 4.12. The van der Waals surface area contributed by atoms with Crippen molar-refractivity contribution in [3.8, 4) is 0 Å². The number of aliphatic hydroxyl groups excluding tert-OH is 1. The molecule has 2 fully saturated rings. The maximum Gasteiger partial charge on any atom is 0.0615 e. The average Bonchev–Trinajstić information content (AvgIpc) is 2.40. The summed E-state index contributed by atoms with van der Waals surface area (Å²) in [5, 5.41) is 13.5. The van der Waals surface area contributed by atoms with Gasteiger partial charge < -0.3 is 15.2 Å². The summed E-state index contributed by atoms with van der Waals surface area (Å²) in [4.78, 5) is 0. The molecule has 1 heterocycles. The van der Waals surface area contributed by atoms with E-state index in [1.807, 2.05) is 0 Å². The van der Waals surface area contributed by atoms with Crippen molar-refractivity contribution in [1.82, 2.24) is 5.32 Å². The fourth-order valence-electron chi connectivity index (χ4n) is 3.39. The van der Waals surface area contributed by atoms with E-state index in [9.17, 15) is 5.11 Å². The smallest absolute Gasteiger partial charge is 0.0615 e. The lowest BCUT2D eigenvalue weighted by atomic mass is 9.80. The molecule has 0 radical (unpaired) electrons. The SMILES string of the molecule is CCC1CCCCC1NC1(CO)CCOCC1. The topological polar surface area (TPSA) is 41.5 Å². The van der Waals surface area contributed by atoms with Gasteiger partial charge in [0.1, 0.15) is 0 Å². The van der Waals surface area contributed by atoms with E-state index in [4.69, 9.17) is 4.74 Å². The van der Waals surface area contributed by atoms with Crippen molar-refractivity contribution >= 4 is 0 Å². The fraction of sp³-hybridized carbons (Fsp3) is 1.00. The Bertz CT molecular complexity index is 226. The summed E-state index contributed by atoms with van der Waals surface area (Å²) in [6.07, 6.45) is 8.52. The zero-order chi connectivity index (χ0) is 12.1. The fourth-order valence-corrected chi connectivity index (χ4v) is 3.39. The van der Waals surface area contributed by atoms with Crippen molar-refractivity contribution < 1.29 is 9.84 Å². The molecule has 0 aromatic rings. The zero-order valence-corrected chi connectivity index (χ0v) is 11.1. The molecule has 0 aromatic carbocycles. The van der Waals surface area contributed by atoms with Crippen molar-refractivity contribution in [2.24, 2.45) is 5.92 Å². The first-order chi connectivity index (χ1) is 8.29. The first kappa shape index (κ1) is 13.3. The monoisotopic (exact) mass is 241 g/mol. The van der Waals surface area contributed by atoms with Crippen LogP contribution in [0.25, 0.3) is 0 Å². The van der Waals surface area contributed by atoms with Crippen LogP contribution in [0.4, 0.5) is 0 Å². The third kappa shape index (κ3) is 3.21. The quantitative estimate of drug-likeness (QED) is 0.792. The highest BCUT2D eigenvalue weighted by atomic mass is 16.5. The lowest BCUT2D eigenvalue weighted by Crippen LogP contribution is -2.58. The lowest BCUT2D eigenvalue weighted by molar-refractivity contribution is -0.000395. The number of nitrogens with one attached hydrogen (secondary N) is 1. The van der Waals surface area contributed by atoms with E-state index >= 15 is 0 Å². The van der Waals surface area contributed by atoms with E-state index in [-0.39, 0.29) is 12.1 Å². The highest BCUT2D eigenvalue weighted by Crippen LogP contribution is 2.30. The Hall–Kier alpha value is -0.120. The summed E-state index contributed by atoms with van der Waals surface area (Å²) < 4.78 is 5.42. The van der Waals surface area contributed by atoms with Gasteiger partial charge in [-0.05, 0) is 31.6 Å². The molecule has 17 heavy (non-hydrogen) atoms. The minimum Gasteiger partial charge on any atom is -0.394 e. The molecule has 3 nitrogen and oxygen atoms in total. The van der Waals surface area contributed by atoms with Crippen LogP contribution in [0.2, 0.25) is 0 Å². The van der Waals surface area contributed by atoms with Crippen molar-refractivity contribution in [3.63, 3.8) is 0 Å². The molecule has 100 valence electrons. The zero-order valence-electron chi connectivity index (χ0n) is 11.1.